The van der Waals surface area contributed by atoms with Crippen LogP contribution in [-0.2, 0) is 20.7 Å². The van der Waals surface area contributed by atoms with E-state index < -0.39 is 30.4 Å². The molecule has 0 saturated heterocycles. The number of unbranched alkanes of at least 4 members (excludes halogenated alkanes) is 1. The first kappa shape index (κ1) is 37.9. The van der Waals surface area contributed by atoms with E-state index in [-0.39, 0.29) is 23.9 Å². The highest BCUT2D eigenvalue weighted by molar-refractivity contribution is 5.85. The minimum Gasteiger partial charge on any atom is -0.463 e. The van der Waals surface area contributed by atoms with Gasteiger partial charge in [-0.25, -0.2) is 4.79 Å². The van der Waals surface area contributed by atoms with E-state index in [1.165, 1.54) is 12.5 Å². The van der Waals surface area contributed by atoms with Gasteiger partial charge in [-0.15, -0.1) is 0 Å². The number of carbonyl (C=O) groups excluding carboxylic acids is 2. The molecule has 3 aromatic carbocycles. The van der Waals surface area contributed by atoms with Gasteiger partial charge in [-0.3, -0.25) is 4.79 Å². The van der Waals surface area contributed by atoms with Gasteiger partial charge in [0.15, 0.2) is 0 Å². The Morgan fingerprint density at radius 2 is 1.53 bits per heavy atom. The van der Waals surface area contributed by atoms with Gasteiger partial charge in [-0.1, -0.05) is 72.8 Å². The highest BCUT2D eigenvalue weighted by atomic mass is 16.6. The van der Waals surface area contributed by atoms with Gasteiger partial charge >= 0.3 is 11.9 Å². The molecule has 1 saturated carbocycles. The van der Waals surface area contributed by atoms with E-state index in [1.807, 2.05) is 68.5 Å². The predicted octanol–water partition coefficient (Wildman–Crippen LogP) is 6.31. The Balaban J connectivity index is 0.000000312. The molecule has 1 fully saturated rings. The normalized spacial score (nSPS) is 20.5. The van der Waals surface area contributed by atoms with Crippen LogP contribution in [0.25, 0.3) is 10.8 Å². The number of esters is 2. The monoisotopic (exact) mass is 648 g/mol. The quantitative estimate of drug-likeness (QED) is 0.0652. The van der Waals surface area contributed by atoms with E-state index in [1.54, 1.807) is 12.1 Å². The summed E-state index contributed by atoms with van der Waals surface area (Å²) in [6.07, 6.45) is 7.47. The molecule has 0 spiro atoms. The lowest BCUT2D eigenvalue weighted by Gasteiger charge is -2.23. The highest BCUT2D eigenvalue weighted by Gasteiger charge is 2.40. The number of allylic oxidation sites excluding steroid dienone is 2. The number of aliphatic hydroxyl groups excluding tert-OH is 4. The van der Waals surface area contributed by atoms with Gasteiger partial charge in [0.25, 0.3) is 0 Å². The van der Waals surface area contributed by atoms with E-state index >= 15 is 0 Å². The smallest absolute Gasteiger partial charge is 0.340 e. The van der Waals surface area contributed by atoms with Gasteiger partial charge in [0.05, 0.1) is 24.4 Å². The lowest BCUT2D eigenvalue weighted by atomic mass is 9.85. The van der Waals surface area contributed by atoms with Crippen molar-refractivity contribution >= 4 is 22.7 Å². The summed E-state index contributed by atoms with van der Waals surface area (Å²) in [5.41, 5.74) is 1.22. The first-order valence-electron chi connectivity index (χ1n) is 16.8. The number of fused-ring (bicyclic) bond motifs is 1. The highest BCUT2D eigenvalue weighted by Crippen LogP contribution is 2.38. The molecular formula is C39H52O8. The van der Waals surface area contributed by atoms with E-state index in [0.717, 1.165) is 30.0 Å². The molecule has 3 aromatic rings. The molecule has 1 unspecified atom stereocenters. The zero-order valence-electron chi connectivity index (χ0n) is 27.9. The average molecular weight is 649 g/mol. The first-order chi connectivity index (χ1) is 22.5. The predicted molar refractivity (Wildman–Crippen MR) is 184 cm³/mol. The largest absolute Gasteiger partial charge is 0.463 e. The van der Waals surface area contributed by atoms with Gasteiger partial charge in [0, 0.05) is 6.42 Å². The summed E-state index contributed by atoms with van der Waals surface area (Å²) in [4.78, 5) is 22.7. The molecule has 0 heterocycles. The Morgan fingerprint density at radius 1 is 0.851 bits per heavy atom. The summed E-state index contributed by atoms with van der Waals surface area (Å²) in [5.74, 6) is -0.339. The number of ether oxygens (including phenoxy) is 2. The Hall–Kier alpha value is -3.56. The van der Waals surface area contributed by atoms with Gasteiger partial charge in [-0.2, -0.15) is 0 Å². The standard InChI is InChI=1S/C26H40O5.C13H12O3/c1-19(2)31-26(30)13-9-4-3-8-12-22-23(25(29)18-24(22)28)17-16-21(27)15-14-20-10-6-5-7-11-20;1-9(14)13(15)16-12-7-6-10-4-2-3-5-11(10)8-12/h3,5-8,10-11,19,21-25,27-29H,4,9,12-18H2,1-2H3;2-9,14H,1H3/b8-3-;/t21-,22+,23+,24-,25+;/m0./s1. The zero-order chi connectivity index (χ0) is 34.2. The molecule has 1 aliphatic carbocycles. The maximum Gasteiger partial charge on any atom is 0.340 e. The number of rotatable bonds is 15. The SMILES string of the molecule is CC(C)OC(=O)CCC/C=C\C[C@@H]1[C@@H](CC[C@@H](O)CCc2ccccc2)[C@H](O)C[C@@H]1O.CC(O)C(=O)Oc1ccc2ccccc2c1. The van der Waals surface area contributed by atoms with Gasteiger partial charge in [0.1, 0.15) is 11.9 Å². The molecule has 1 aliphatic rings. The lowest BCUT2D eigenvalue weighted by Crippen LogP contribution is -2.23. The molecule has 256 valence electrons. The van der Waals surface area contributed by atoms with Crippen molar-refractivity contribution in [3.63, 3.8) is 0 Å². The van der Waals surface area contributed by atoms with Gasteiger partial charge in [-0.05, 0) is 112 Å². The molecule has 6 atom stereocenters. The molecular weight excluding hydrogens is 596 g/mol. The molecule has 0 amide bonds. The van der Waals surface area contributed by atoms with Gasteiger partial charge < -0.3 is 29.9 Å². The van der Waals surface area contributed by atoms with Crippen LogP contribution in [0.1, 0.15) is 77.7 Å². The third kappa shape index (κ3) is 13.6. The van der Waals surface area contributed by atoms with Crippen LogP contribution in [0.15, 0.2) is 84.9 Å². The van der Waals surface area contributed by atoms with Crippen molar-refractivity contribution in [2.24, 2.45) is 11.8 Å². The van der Waals surface area contributed by atoms with Crippen molar-refractivity contribution in [1.29, 1.82) is 0 Å². The Labute approximate surface area is 279 Å². The number of benzene rings is 3. The topological polar surface area (TPSA) is 134 Å². The van der Waals surface area contributed by atoms with Crippen molar-refractivity contribution in [3.8, 4) is 5.75 Å². The minimum absolute atomic E-state index is 0.00652. The molecule has 0 aromatic heterocycles. The summed E-state index contributed by atoms with van der Waals surface area (Å²) >= 11 is 0. The summed E-state index contributed by atoms with van der Waals surface area (Å²) in [6, 6.07) is 23.3. The lowest BCUT2D eigenvalue weighted by molar-refractivity contribution is -0.147. The maximum absolute atomic E-state index is 11.5. The fourth-order valence-electron chi connectivity index (χ4n) is 5.90. The second-order valence-corrected chi connectivity index (χ2v) is 12.7. The Bertz CT molecular complexity index is 1390. The molecule has 8 nitrogen and oxygen atoms in total. The van der Waals surface area contributed by atoms with E-state index in [0.29, 0.717) is 44.3 Å². The number of aliphatic hydroxyl groups is 4. The van der Waals surface area contributed by atoms with Crippen molar-refractivity contribution in [3.05, 3.63) is 90.5 Å². The zero-order valence-corrected chi connectivity index (χ0v) is 27.9. The molecule has 0 radical (unpaired) electrons. The van der Waals surface area contributed by atoms with Crippen molar-refractivity contribution in [2.45, 2.75) is 109 Å². The fourth-order valence-corrected chi connectivity index (χ4v) is 5.90. The maximum atomic E-state index is 11.5. The van der Waals surface area contributed by atoms with Gasteiger partial charge in [0.2, 0.25) is 0 Å². The molecule has 0 bridgehead atoms. The van der Waals surface area contributed by atoms with Crippen LogP contribution < -0.4 is 4.74 Å². The van der Waals surface area contributed by atoms with Crippen molar-refractivity contribution < 1.29 is 39.5 Å². The third-order valence-electron chi connectivity index (χ3n) is 8.44. The molecule has 4 N–H and O–H groups in total. The molecule has 47 heavy (non-hydrogen) atoms. The molecule has 8 heteroatoms. The van der Waals surface area contributed by atoms with Crippen molar-refractivity contribution in [1.82, 2.24) is 0 Å². The van der Waals surface area contributed by atoms with Crippen LogP contribution in [-0.4, -0.2) is 62.9 Å². The second kappa shape index (κ2) is 20.0. The first-order valence-corrected chi connectivity index (χ1v) is 16.8. The number of hydrogen-bond donors (Lipinski definition) is 4. The summed E-state index contributed by atoms with van der Waals surface area (Å²) in [7, 11) is 0. The van der Waals surface area contributed by atoms with Crippen LogP contribution in [0.2, 0.25) is 0 Å². The number of carbonyl (C=O) groups is 2. The summed E-state index contributed by atoms with van der Waals surface area (Å²) in [5, 5.41) is 42.3. The van der Waals surface area contributed by atoms with Crippen LogP contribution in [0.3, 0.4) is 0 Å². The Kier molecular flexibility index (Phi) is 16.1. The van der Waals surface area contributed by atoms with Crippen LogP contribution in [0.4, 0.5) is 0 Å². The summed E-state index contributed by atoms with van der Waals surface area (Å²) in [6.45, 7) is 5.07. The second-order valence-electron chi connectivity index (χ2n) is 12.7. The molecule has 4 rings (SSSR count). The average Bonchev–Trinajstić information content (AvgIpc) is 3.31. The minimum atomic E-state index is -1.11. The van der Waals surface area contributed by atoms with Crippen LogP contribution in [0, 0.1) is 11.8 Å². The number of hydrogen-bond acceptors (Lipinski definition) is 8. The van der Waals surface area contributed by atoms with Crippen molar-refractivity contribution in [2.75, 3.05) is 0 Å². The van der Waals surface area contributed by atoms with Crippen LogP contribution in [0.5, 0.6) is 5.75 Å². The summed E-state index contributed by atoms with van der Waals surface area (Å²) < 4.78 is 10.1. The fraction of sp³-hybridized carbons (Fsp3) is 0.487. The van der Waals surface area contributed by atoms with E-state index in [9.17, 15) is 24.9 Å². The van der Waals surface area contributed by atoms with E-state index in [2.05, 4.69) is 18.2 Å². The number of aryl methyl sites for hydroxylation is 1. The Morgan fingerprint density at radius 3 is 2.23 bits per heavy atom. The molecule has 0 aliphatic heterocycles. The van der Waals surface area contributed by atoms with E-state index in [4.69, 9.17) is 14.6 Å². The van der Waals surface area contributed by atoms with Crippen LogP contribution >= 0.6 is 0 Å². The third-order valence-corrected chi connectivity index (χ3v) is 8.44.